The minimum absolute atomic E-state index is 0. The van der Waals surface area contributed by atoms with Crippen LogP contribution in [0.25, 0.3) is 5.69 Å². The fourth-order valence-electron chi connectivity index (χ4n) is 3.02. The summed E-state index contributed by atoms with van der Waals surface area (Å²) in [5, 5.41) is 10.6. The largest absolute Gasteiger partial charge is 0.356 e. The average molecular weight is 518 g/mol. The summed E-state index contributed by atoms with van der Waals surface area (Å²) in [5.41, 5.74) is 2.25. The van der Waals surface area contributed by atoms with Crippen molar-refractivity contribution in [1.29, 1.82) is 0 Å². The van der Waals surface area contributed by atoms with Gasteiger partial charge in [0.15, 0.2) is 5.96 Å². The SMILES string of the molecule is CN=C(NCCc1ccc(-n2cccn2)cc1)NCCN1CCCS1(=O)=O.I. The van der Waals surface area contributed by atoms with Gasteiger partial charge in [0, 0.05) is 45.6 Å². The second-order valence-electron chi connectivity index (χ2n) is 6.36. The topological polar surface area (TPSA) is 91.6 Å². The Kier molecular flexibility index (Phi) is 8.70. The quantitative estimate of drug-likeness (QED) is 0.327. The van der Waals surface area contributed by atoms with Crippen molar-refractivity contribution in [2.45, 2.75) is 12.8 Å². The maximum absolute atomic E-state index is 11.8. The fourth-order valence-corrected chi connectivity index (χ4v) is 4.55. The molecule has 10 heteroatoms. The lowest BCUT2D eigenvalue weighted by Gasteiger charge is -2.16. The number of nitrogens with zero attached hydrogens (tertiary/aromatic N) is 4. The van der Waals surface area contributed by atoms with E-state index in [0.717, 1.165) is 18.7 Å². The van der Waals surface area contributed by atoms with E-state index < -0.39 is 10.0 Å². The van der Waals surface area contributed by atoms with Crippen molar-refractivity contribution >= 4 is 40.0 Å². The van der Waals surface area contributed by atoms with Crippen molar-refractivity contribution in [2.24, 2.45) is 4.99 Å². The second-order valence-corrected chi connectivity index (χ2v) is 8.45. The number of guanidine groups is 1. The van der Waals surface area contributed by atoms with Crippen molar-refractivity contribution in [3.63, 3.8) is 0 Å². The molecule has 0 saturated carbocycles. The minimum Gasteiger partial charge on any atom is -0.356 e. The number of aliphatic imine (C=N–C) groups is 1. The van der Waals surface area contributed by atoms with Gasteiger partial charge in [-0.05, 0) is 36.6 Å². The summed E-state index contributed by atoms with van der Waals surface area (Å²) in [4.78, 5) is 4.18. The number of aromatic nitrogens is 2. The number of hydrogen-bond acceptors (Lipinski definition) is 4. The zero-order valence-electron chi connectivity index (χ0n) is 15.9. The van der Waals surface area contributed by atoms with Crippen molar-refractivity contribution in [3.8, 4) is 5.69 Å². The first kappa shape index (κ1) is 22.6. The number of benzene rings is 1. The van der Waals surface area contributed by atoms with Crippen LogP contribution in [-0.2, 0) is 16.4 Å². The lowest BCUT2D eigenvalue weighted by Crippen LogP contribution is -2.42. The van der Waals surface area contributed by atoms with Gasteiger partial charge >= 0.3 is 0 Å². The van der Waals surface area contributed by atoms with Crippen LogP contribution in [0.4, 0.5) is 0 Å². The van der Waals surface area contributed by atoms with E-state index in [0.29, 0.717) is 32.0 Å². The summed E-state index contributed by atoms with van der Waals surface area (Å²) < 4.78 is 26.9. The Morgan fingerprint density at radius 2 is 1.96 bits per heavy atom. The highest BCUT2D eigenvalue weighted by atomic mass is 127. The van der Waals surface area contributed by atoms with Crippen LogP contribution < -0.4 is 10.6 Å². The van der Waals surface area contributed by atoms with Crippen molar-refractivity contribution in [3.05, 3.63) is 48.3 Å². The Balaban J connectivity index is 0.00000280. The van der Waals surface area contributed by atoms with E-state index in [-0.39, 0.29) is 29.7 Å². The summed E-state index contributed by atoms with van der Waals surface area (Å²) >= 11 is 0. The highest BCUT2D eigenvalue weighted by Crippen LogP contribution is 2.11. The van der Waals surface area contributed by atoms with Crippen LogP contribution in [0.1, 0.15) is 12.0 Å². The van der Waals surface area contributed by atoms with Gasteiger partial charge in [0.25, 0.3) is 0 Å². The lowest BCUT2D eigenvalue weighted by atomic mass is 10.1. The number of halogens is 1. The molecule has 1 saturated heterocycles. The summed E-state index contributed by atoms with van der Waals surface area (Å²) in [6, 6.07) is 10.2. The second kappa shape index (κ2) is 10.8. The predicted octanol–water partition coefficient (Wildman–Crippen LogP) is 1.23. The minimum atomic E-state index is -3.04. The first-order chi connectivity index (χ1) is 13.1. The van der Waals surface area contributed by atoms with Crippen molar-refractivity contribution in [1.82, 2.24) is 24.7 Å². The van der Waals surface area contributed by atoms with E-state index in [1.54, 1.807) is 13.2 Å². The Bertz CT molecular complexity index is 853. The third-order valence-corrected chi connectivity index (χ3v) is 6.45. The molecular formula is C18H27IN6O2S. The fraction of sp³-hybridized carbons (Fsp3) is 0.444. The van der Waals surface area contributed by atoms with Crippen LogP contribution in [-0.4, -0.2) is 67.4 Å². The van der Waals surface area contributed by atoms with Crippen LogP contribution in [0.3, 0.4) is 0 Å². The van der Waals surface area contributed by atoms with E-state index in [1.165, 1.54) is 9.87 Å². The van der Waals surface area contributed by atoms with Crippen LogP contribution in [0.5, 0.6) is 0 Å². The highest BCUT2D eigenvalue weighted by molar-refractivity contribution is 14.0. The van der Waals surface area contributed by atoms with Crippen molar-refractivity contribution in [2.75, 3.05) is 39.0 Å². The molecular weight excluding hydrogens is 491 g/mol. The van der Waals surface area contributed by atoms with Gasteiger partial charge in [0.05, 0.1) is 11.4 Å². The van der Waals surface area contributed by atoms with E-state index in [4.69, 9.17) is 0 Å². The first-order valence-electron chi connectivity index (χ1n) is 9.10. The first-order valence-corrected chi connectivity index (χ1v) is 10.7. The van der Waals surface area contributed by atoms with Crippen molar-refractivity contribution < 1.29 is 8.42 Å². The van der Waals surface area contributed by atoms with Gasteiger partial charge in [-0.1, -0.05) is 12.1 Å². The third kappa shape index (κ3) is 6.17. The van der Waals surface area contributed by atoms with Gasteiger partial charge in [-0.2, -0.15) is 5.10 Å². The van der Waals surface area contributed by atoms with E-state index in [9.17, 15) is 8.42 Å². The van der Waals surface area contributed by atoms with Crippen LogP contribution in [0.15, 0.2) is 47.7 Å². The molecule has 1 aromatic carbocycles. The summed E-state index contributed by atoms with van der Waals surface area (Å²) in [6.07, 6.45) is 5.25. The van der Waals surface area contributed by atoms with Gasteiger partial charge in [-0.15, -0.1) is 24.0 Å². The molecule has 2 aromatic rings. The van der Waals surface area contributed by atoms with Gasteiger partial charge in [0.1, 0.15) is 0 Å². The van der Waals surface area contributed by atoms with Crippen LogP contribution in [0, 0.1) is 0 Å². The molecule has 0 unspecified atom stereocenters. The Hall–Kier alpha value is -1.66. The number of rotatable bonds is 7. The predicted molar refractivity (Wildman–Crippen MR) is 122 cm³/mol. The number of sulfonamides is 1. The zero-order valence-corrected chi connectivity index (χ0v) is 19.1. The van der Waals surface area contributed by atoms with Crippen LogP contribution >= 0.6 is 24.0 Å². The monoisotopic (exact) mass is 518 g/mol. The lowest BCUT2D eigenvalue weighted by molar-refractivity contribution is 0.445. The molecule has 1 aromatic heterocycles. The summed E-state index contributed by atoms with van der Waals surface area (Å²) in [5.74, 6) is 0.943. The molecule has 1 aliphatic rings. The molecule has 0 atom stereocenters. The maximum atomic E-state index is 11.8. The third-order valence-electron chi connectivity index (χ3n) is 4.49. The molecule has 2 N–H and O–H groups in total. The van der Waals surface area contributed by atoms with Gasteiger partial charge < -0.3 is 10.6 Å². The molecule has 0 spiro atoms. The standard InChI is InChI=1S/C18H26N6O2S.HI/c1-19-18(21-11-14-23-12-3-15-27(23,25)26)20-10-8-16-4-6-17(7-5-16)24-13-2-9-22-24;/h2,4-7,9,13H,3,8,10-12,14-15H2,1H3,(H2,19,20,21);1H. The van der Waals surface area contributed by atoms with Gasteiger partial charge in [0.2, 0.25) is 10.0 Å². The molecule has 1 fully saturated rings. The van der Waals surface area contributed by atoms with Gasteiger partial charge in [-0.3, -0.25) is 4.99 Å². The molecule has 0 bridgehead atoms. The molecule has 2 heterocycles. The Labute approximate surface area is 183 Å². The number of hydrogen-bond donors (Lipinski definition) is 2. The highest BCUT2D eigenvalue weighted by Gasteiger charge is 2.27. The Morgan fingerprint density at radius 3 is 2.57 bits per heavy atom. The molecule has 0 amide bonds. The molecule has 28 heavy (non-hydrogen) atoms. The molecule has 8 nitrogen and oxygen atoms in total. The maximum Gasteiger partial charge on any atom is 0.214 e. The zero-order chi connectivity index (χ0) is 19.1. The average Bonchev–Trinajstić information content (AvgIpc) is 3.31. The van der Waals surface area contributed by atoms with E-state index in [1.807, 2.05) is 29.1 Å². The van der Waals surface area contributed by atoms with Crippen LogP contribution in [0.2, 0.25) is 0 Å². The van der Waals surface area contributed by atoms with E-state index in [2.05, 4.69) is 32.9 Å². The molecule has 154 valence electrons. The molecule has 0 radical (unpaired) electrons. The Morgan fingerprint density at radius 1 is 1.21 bits per heavy atom. The summed E-state index contributed by atoms with van der Waals surface area (Å²) in [7, 11) is -1.33. The molecule has 1 aliphatic heterocycles. The molecule has 3 rings (SSSR count). The normalized spacial score (nSPS) is 16.5. The number of nitrogens with one attached hydrogen (secondary N) is 2. The summed E-state index contributed by atoms with van der Waals surface area (Å²) in [6.45, 7) is 2.36. The molecule has 0 aliphatic carbocycles. The smallest absolute Gasteiger partial charge is 0.214 e. The van der Waals surface area contributed by atoms with E-state index >= 15 is 0 Å². The van der Waals surface area contributed by atoms with Gasteiger partial charge in [-0.25, -0.2) is 17.4 Å².